The van der Waals surface area contributed by atoms with Crippen LogP contribution < -0.4 is 14.5 Å². The van der Waals surface area contributed by atoms with Gasteiger partial charge in [0.25, 0.3) is 0 Å². The first-order chi connectivity index (χ1) is 15.1. The maximum atomic E-state index is 10.7. The fraction of sp³-hybridized carbons (Fsp3) is 0.636. The van der Waals surface area contributed by atoms with Crippen molar-refractivity contribution in [3.05, 3.63) is 30.1 Å². The predicted molar refractivity (Wildman–Crippen MR) is 126 cm³/mol. The van der Waals surface area contributed by atoms with E-state index in [4.69, 9.17) is 4.74 Å². The van der Waals surface area contributed by atoms with Gasteiger partial charge in [0.15, 0.2) is 0 Å². The molecule has 0 saturated carbocycles. The highest BCUT2D eigenvalue weighted by Crippen LogP contribution is 2.21. The van der Waals surface area contributed by atoms with Crippen molar-refractivity contribution in [2.75, 3.05) is 82.4 Å². The number of aryl methyl sites for hydroxylation is 1. The third kappa shape index (κ3) is 6.06. The molecule has 1 N–H and O–H groups in total. The summed E-state index contributed by atoms with van der Waals surface area (Å²) in [6.45, 7) is 11.3. The zero-order valence-corrected chi connectivity index (χ0v) is 19.4. The summed E-state index contributed by atoms with van der Waals surface area (Å²) in [6, 6.07) is 8.27. The van der Waals surface area contributed by atoms with Crippen LogP contribution in [-0.2, 0) is 0 Å². The van der Waals surface area contributed by atoms with Gasteiger partial charge in [-0.15, -0.1) is 0 Å². The summed E-state index contributed by atoms with van der Waals surface area (Å²) >= 11 is 1.48. The molecule has 0 aliphatic carbocycles. The fourth-order valence-electron chi connectivity index (χ4n) is 4.39. The highest BCUT2D eigenvalue weighted by molar-refractivity contribution is 7.09. The van der Waals surface area contributed by atoms with Gasteiger partial charge in [-0.25, -0.2) is 4.98 Å². The van der Waals surface area contributed by atoms with Crippen molar-refractivity contribution in [2.45, 2.75) is 19.4 Å². The number of piperazine rings is 1. The van der Waals surface area contributed by atoms with Gasteiger partial charge in [0.2, 0.25) is 5.13 Å². The van der Waals surface area contributed by atoms with Gasteiger partial charge in [0, 0.05) is 76.1 Å². The predicted octanol–water partition coefficient (Wildman–Crippen LogP) is 1.55. The zero-order chi connectivity index (χ0) is 21.6. The van der Waals surface area contributed by atoms with Crippen LogP contribution in [0.5, 0.6) is 5.75 Å². The normalized spacial score (nSPS) is 20.0. The van der Waals surface area contributed by atoms with E-state index in [1.807, 2.05) is 19.1 Å². The third-order valence-electron chi connectivity index (χ3n) is 6.12. The fourth-order valence-corrected chi connectivity index (χ4v) is 5.12. The quantitative estimate of drug-likeness (QED) is 0.687. The van der Waals surface area contributed by atoms with Gasteiger partial charge in [-0.05, 0) is 44.2 Å². The maximum absolute atomic E-state index is 10.7. The summed E-state index contributed by atoms with van der Waals surface area (Å²) in [4.78, 5) is 14.0. The Labute approximate surface area is 189 Å². The molecule has 1 aromatic carbocycles. The number of aliphatic hydroxyl groups is 1. The average Bonchev–Trinajstić information content (AvgIpc) is 3.09. The van der Waals surface area contributed by atoms with Gasteiger partial charge < -0.3 is 19.6 Å². The molecule has 31 heavy (non-hydrogen) atoms. The minimum atomic E-state index is -0.317. The van der Waals surface area contributed by atoms with Crippen molar-refractivity contribution in [1.82, 2.24) is 19.2 Å². The molecule has 1 atom stereocenters. The summed E-state index contributed by atoms with van der Waals surface area (Å²) in [5, 5.41) is 11.8. The van der Waals surface area contributed by atoms with E-state index in [-0.39, 0.29) is 6.10 Å². The van der Waals surface area contributed by atoms with Crippen LogP contribution in [0.4, 0.5) is 10.8 Å². The Kier molecular flexibility index (Phi) is 7.60. The van der Waals surface area contributed by atoms with Crippen LogP contribution in [0.15, 0.2) is 24.3 Å². The van der Waals surface area contributed by atoms with Crippen LogP contribution in [0.3, 0.4) is 0 Å². The third-order valence-corrected chi connectivity index (χ3v) is 6.99. The van der Waals surface area contributed by atoms with Gasteiger partial charge >= 0.3 is 0 Å². The molecule has 0 spiro atoms. The lowest BCUT2D eigenvalue weighted by Crippen LogP contribution is -2.50. The van der Waals surface area contributed by atoms with E-state index in [0.717, 1.165) is 88.6 Å². The Bertz CT molecular complexity index is 809. The van der Waals surface area contributed by atoms with E-state index in [1.54, 1.807) is 7.11 Å². The first-order valence-corrected chi connectivity index (χ1v) is 11.9. The summed E-state index contributed by atoms with van der Waals surface area (Å²) < 4.78 is 9.56. The van der Waals surface area contributed by atoms with Crippen LogP contribution in [0.2, 0.25) is 0 Å². The molecule has 2 saturated heterocycles. The lowest BCUT2D eigenvalue weighted by Gasteiger charge is -2.37. The van der Waals surface area contributed by atoms with Gasteiger partial charge in [-0.1, -0.05) is 0 Å². The number of hydrogen-bond donors (Lipinski definition) is 1. The topological polar surface area (TPSA) is 68.2 Å². The van der Waals surface area contributed by atoms with Crippen LogP contribution in [0, 0.1) is 6.92 Å². The Hall–Kier alpha value is -1.94. The van der Waals surface area contributed by atoms with Crippen molar-refractivity contribution in [1.29, 1.82) is 0 Å². The van der Waals surface area contributed by atoms with E-state index in [1.165, 1.54) is 17.2 Å². The van der Waals surface area contributed by atoms with Crippen molar-refractivity contribution in [2.24, 2.45) is 0 Å². The van der Waals surface area contributed by atoms with Crippen LogP contribution in [-0.4, -0.2) is 103 Å². The number of rotatable bonds is 7. The van der Waals surface area contributed by atoms with E-state index in [9.17, 15) is 5.11 Å². The molecule has 4 rings (SSSR count). The summed E-state index contributed by atoms with van der Waals surface area (Å²) in [5.74, 6) is 1.74. The number of ether oxygens (including phenoxy) is 1. The molecule has 1 aromatic heterocycles. The summed E-state index contributed by atoms with van der Waals surface area (Å²) in [5.41, 5.74) is 1.24. The van der Waals surface area contributed by atoms with Crippen molar-refractivity contribution in [3.8, 4) is 5.75 Å². The van der Waals surface area contributed by atoms with Crippen molar-refractivity contribution >= 4 is 22.4 Å². The van der Waals surface area contributed by atoms with Crippen molar-refractivity contribution in [3.63, 3.8) is 0 Å². The first kappa shape index (κ1) is 22.3. The smallest absolute Gasteiger partial charge is 0.205 e. The highest BCUT2D eigenvalue weighted by atomic mass is 32.1. The summed E-state index contributed by atoms with van der Waals surface area (Å²) in [6.07, 6.45) is 0.772. The number of aliphatic hydroxyl groups excluding tert-OH is 1. The second-order valence-electron chi connectivity index (χ2n) is 8.40. The zero-order valence-electron chi connectivity index (χ0n) is 18.6. The standard InChI is InChI=1S/C22H34N6O2S/c1-18-23-22(31-24-18)28-9-3-8-25(12-15-28)16-20(29)17-26-10-13-27(14-11-26)19-4-6-21(30-2)7-5-19/h4-7,20,29H,3,8-17H2,1-2H3/t20-/m0/s1. The molecule has 3 heterocycles. The number of hydrogen-bond acceptors (Lipinski definition) is 9. The highest BCUT2D eigenvalue weighted by Gasteiger charge is 2.23. The van der Waals surface area contributed by atoms with Crippen molar-refractivity contribution < 1.29 is 9.84 Å². The number of anilines is 2. The van der Waals surface area contributed by atoms with E-state index < -0.39 is 0 Å². The molecule has 2 aromatic rings. The minimum absolute atomic E-state index is 0.317. The first-order valence-electron chi connectivity index (χ1n) is 11.2. The molecule has 0 amide bonds. The van der Waals surface area contributed by atoms with E-state index >= 15 is 0 Å². The molecule has 8 nitrogen and oxygen atoms in total. The van der Waals surface area contributed by atoms with Gasteiger partial charge in [-0.2, -0.15) is 4.37 Å². The number of benzene rings is 1. The molecular weight excluding hydrogens is 412 g/mol. The van der Waals surface area contributed by atoms with Gasteiger partial charge in [0.05, 0.1) is 13.2 Å². The number of aromatic nitrogens is 2. The Morgan fingerprint density at radius 1 is 0.935 bits per heavy atom. The Morgan fingerprint density at radius 2 is 1.58 bits per heavy atom. The van der Waals surface area contributed by atoms with E-state index in [0.29, 0.717) is 0 Å². The SMILES string of the molecule is COc1ccc(N2CCN(C[C@@H](O)CN3CCCN(c4nc(C)ns4)CC3)CC2)cc1. The molecule has 2 aliphatic rings. The number of methoxy groups -OCH3 is 1. The largest absolute Gasteiger partial charge is 0.497 e. The Morgan fingerprint density at radius 3 is 2.19 bits per heavy atom. The molecule has 170 valence electrons. The number of nitrogens with zero attached hydrogens (tertiary/aromatic N) is 6. The van der Waals surface area contributed by atoms with Crippen LogP contribution in [0.25, 0.3) is 0 Å². The monoisotopic (exact) mass is 446 g/mol. The van der Waals surface area contributed by atoms with E-state index in [2.05, 4.69) is 41.1 Å². The number of β-amino-alcohol motifs (C(OH)–C–C–N with tert-alkyl or cyclic N) is 1. The Balaban J connectivity index is 1.19. The molecule has 9 heteroatoms. The molecule has 0 unspecified atom stereocenters. The molecule has 0 bridgehead atoms. The second kappa shape index (κ2) is 10.6. The molecule has 0 radical (unpaired) electrons. The lowest BCUT2D eigenvalue weighted by molar-refractivity contribution is 0.0738. The van der Waals surface area contributed by atoms with Gasteiger partial charge in [-0.3, -0.25) is 9.80 Å². The molecule has 2 aliphatic heterocycles. The van der Waals surface area contributed by atoms with Gasteiger partial charge in [0.1, 0.15) is 11.6 Å². The molecular formula is C22H34N6O2S. The minimum Gasteiger partial charge on any atom is -0.497 e. The lowest BCUT2D eigenvalue weighted by atomic mass is 10.2. The second-order valence-corrected chi connectivity index (χ2v) is 9.14. The molecule has 2 fully saturated rings. The van der Waals surface area contributed by atoms with Crippen LogP contribution >= 0.6 is 11.5 Å². The average molecular weight is 447 g/mol. The van der Waals surface area contributed by atoms with Crippen LogP contribution in [0.1, 0.15) is 12.2 Å². The maximum Gasteiger partial charge on any atom is 0.205 e. The summed E-state index contributed by atoms with van der Waals surface area (Å²) in [7, 11) is 1.69.